The third-order valence-corrected chi connectivity index (χ3v) is 6.49. The van der Waals surface area contributed by atoms with Crippen molar-refractivity contribution in [3.63, 3.8) is 0 Å². The fourth-order valence-electron chi connectivity index (χ4n) is 4.72. The monoisotopic (exact) mass is 552 g/mol. The van der Waals surface area contributed by atoms with Gasteiger partial charge in [0.25, 0.3) is 17.8 Å². The third-order valence-electron chi connectivity index (χ3n) is 6.49. The lowest BCUT2D eigenvalue weighted by molar-refractivity contribution is -0.164. The van der Waals surface area contributed by atoms with Crippen LogP contribution in [0.25, 0.3) is 0 Å². The summed E-state index contributed by atoms with van der Waals surface area (Å²) in [5, 5.41) is 14.6. The lowest BCUT2D eigenvalue weighted by atomic mass is 9.63. The van der Waals surface area contributed by atoms with Gasteiger partial charge >= 0.3 is 13.1 Å². The molecule has 1 aromatic heterocycles. The van der Waals surface area contributed by atoms with Gasteiger partial charge in [-0.05, 0) is 24.3 Å². The van der Waals surface area contributed by atoms with Crippen LogP contribution < -0.4 is 10.6 Å². The van der Waals surface area contributed by atoms with Crippen molar-refractivity contribution in [2.45, 2.75) is 63.4 Å². The number of aliphatic carboxylic acids is 1. The minimum Gasteiger partial charge on any atom is -0.509 e. The van der Waals surface area contributed by atoms with Crippen LogP contribution in [-0.2, 0) is 34.9 Å². The van der Waals surface area contributed by atoms with Crippen molar-refractivity contribution in [1.29, 1.82) is 0 Å². The smallest absolute Gasteiger partial charge is 0.509 e. The zero-order valence-electron chi connectivity index (χ0n) is 22.7. The molecule has 3 rings (SSSR count). The standard InChI is InChI=1S/C27H33BN4O8/c1-17(2)11-19(28-39-24(36)15-27(40-28,14-23(34)35)26(38)29-3)13-22(33)20(12-18-7-5-4-6-8-18)32-25(37)21-16-30-9-10-31-21/h4-10,16-17,19-20H,11-15H2,1-3H3,(H,29,38)(H,32,37)(H,34,35)/t19-,20+,27-/m1/s1. The Kier molecular flexibility index (Phi) is 10.5. The highest BCUT2D eigenvalue weighted by atomic mass is 16.6. The Morgan fingerprint density at radius 1 is 1.15 bits per heavy atom. The molecule has 1 aliphatic rings. The quantitative estimate of drug-likeness (QED) is 0.310. The maximum absolute atomic E-state index is 13.7. The summed E-state index contributed by atoms with van der Waals surface area (Å²) >= 11 is 0. The molecule has 0 radical (unpaired) electrons. The summed E-state index contributed by atoms with van der Waals surface area (Å²) in [4.78, 5) is 71.5. The number of aromatic nitrogens is 2. The van der Waals surface area contributed by atoms with Crippen molar-refractivity contribution in [1.82, 2.24) is 20.6 Å². The Morgan fingerprint density at radius 3 is 2.48 bits per heavy atom. The SMILES string of the molecule is CNC(=O)[C@@]1(CC(=O)O)CC(=O)OB([C@@H](CC(=O)[C@H](Cc2ccccc2)NC(=O)c2cnccn2)CC(C)C)O1. The lowest BCUT2D eigenvalue weighted by Crippen LogP contribution is -2.59. The van der Waals surface area contributed by atoms with E-state index in [-0.39, 0.29) is 30.2 Å². The van der Waals surface area contributed by atoms with E-state index >= 15 is 0 Å². The number of carboxylic acid groups (broad SMARTS) is 1. The molecule has 12 nitrogen and oxygen atoms in total. The van der Waals surface area contributed by atoms with Crippen LogP contribution >= 0.6 is 0 Å². The molecule has 0 saturated carbocycles. The maximum Gasteiger partial charge on any atom is 0.531 e. The van der Waals surface area contributed by atoms with Gasteiger partial charge in [-0.15, -0.1) is 0 Å². The molecule has 0 unspecified atom stereocenters. The average molecular weight is 552 g/mol. The van der Waals surface area contributed by atoms with Gasteiger partial charge in [0.1, 0.15) is 5.69 Å². The van der Waals surface area contributed by atoms with Crippen molar-refractivity contribution in [3.8, 4) is 0 Å². The number of rotatable bonds is 13. The number of hydrogen-bond donors (Lipinski definition) is 3. The fourth-order valence-corrected chi connectivity index (χ4v) is 4.72. The summed E-state index contributed by atoms with van der Waals surface area (Å²) < 4.78 is 11.4. The first kappa shape index (κ1) is 30.4. The first-order valence-corrected chi connectivity index (χ1v) is 13.0. The summed E-state index contributed by atoms with van der Waals surface area (Å²) in [6, 6.07) is 8.17. The zero-order chi connectivity index (χ0) is 29.3. The number of amides is 2. The summed E-state index contributed by atoms with van der Waals surface area (Å²) in [5.74, 6) is -4.55. The molecule has 1 aromatic carbocycles. The number of carboxylic acids is 1. The van der Waals surface area contributed by atoms with Gasteiger partial charge in [0.05, 0.1) is 25.1 Å². The van der Waals surface area contributed by atoms with Gasteiger partial charge in [-0.1, -0.05) is 44.2 Å². The normalized spacial score (nSPS) is 18.4. The third kappa shape index (κ3) is 8.19. The summed E-state index contributed by atoms with van der Waals surface area (Å²) in [6.45, 7) is 3.81. The molecular formula is C27H33BN4O8. The average Bonchev–Trinajstić information content (AvgIpc) is 2.91. The molecular weight excluding hydrogens is 519 g/mol. The van der Waals surface area contributed by atoms with Crippen molar-refractivity contribution in [2.75, 3.05) is 7.05 Å². The van der Waals surface area contributed by atoms with Crippen molar-refractivity contribution in [2.24, 2.45) is 5.92 Å². The highest BCUT2D eigenvalue weighted by Gasteiger charge is 2.54. The van der Waals surface area contributed by atoms with Gasteiger partial charge in [0, 0.05) is 31.7 Å². The van der Waals surface area contributed by atoms with E-state index < -0.39 is 61.2 Å². The molecule has 3 atom stereocenters. The molecule has 3 N–H and O–H groups in total. The van der Waals surface area contributed by atoms with Gasteiger partial charge in [-0.25, -0.2) is 4.98 Å². The van der Waals surface area contributed by atoms with Crippen LogP contribution in [0.3, 0.4) is 0 Å². The molecule has 0 aliphatic carbocycles. The summed E-state index contributed by atoms with van der Waals surface area (Å²) in [6.07, 6.45) is 3.11. The molecule has 1 saturated heterocycles. The zero-order valence-corrected chi connectivity index (χ0v) is 22.7. The number of nitrogens with one attached hydrogen (secondary N) is 2. The topological polar surface area (TPSA) is 174 Å². The Bertz CT molecular complexity index is 1210. The maximum atomic E-state index is 13.7. The molecule has 2 heterocycles. The van der Waals surface area contributed by atoms with E-state index in [0.717, 1.165) is 5.56 Å². The van der Waals surface area contributed by atoms with Gasteiger partial charge in [0.2, 0.25) is 0 Å². The van der Waals surface area contributed by atoms with Crippen molar-refractivity contribution in [3.05, 3.63) is 60.2 Å². The number of nitrogens with zero attached hydrogens (tertiary/aromatic N) is 2. The summed E-state index contributed by atoms with van der Waals surface area (Å²) in [7, 11) is -0.0369. The Balaban J connectivity index is 1.89. The Morgan fingerprint density at radius 2 is 1.88 bits per heavy atom. The van der Waals surface area contributed by atoms with E-state index in [1.165, 1.54) is 25.6 Å². The van der Waals surface area contributed by atoms with E-state index in [4.69, 9.17) is 9.31 Å². The van der Waals surface area contributed by atoms with Gasteiger partial charge in [-0.3, -0.25) is 29.0 Å². The van der Waals surface area contributed by atoms with E-state index in [2.05, 4.69) is 20.6 Å². The number of Topliss-reactive ketones (excluding diaryl/α,β-unsaturated/α-hetero) is 1. The van der Waals surface area contributed by atoms with Crippen LogP contribution in [0.4, 0.5) is 0 Å². The largest absolute Gasteiger partial charge is 0.531 e. The molecule has 1 fully saturated rings. The molecule has 0 spiro atoms. The number of likely N-dealkylation sites (N-methyl/N-ethyl adjacent to an activating group) is 1. The highest BCUT2D eigenvalue weighted by molar-refractivity contribution is 6.50. The number of hydrogen-bond acceptors (Lipinski definition) is 9. The number of benzene rings is 1. The predicted octanol–water partition coefficient (Wildman–Crippen LogP) is 1.60. The lowest BCUT2D eigenvalue weighted by Gasteiger charge is -2.39. The minimum atomic E-state index is -1.98. The molecule has 2 amide bonds. The van der Waals surface area contributed by atoms with Crippen LogP contribution in [0.1, 0.15) is 55.6 Å². The number of ketones is 1. The van der Waals surface area contributed by atoms with Crippen LogP contribution in [0.15, 0.2) is 48.9 Å². The second kappa shape index (κ2) is 13.8. The van der Waals surface area contributed by atoms with E-state index in [1.807, 2.05) is 44.2 Å². The molecule has 0 bridgehead atoms. The van der Waals surface area contributed by atoms with E-state index in [9.17, 15) is 29.1 Å². The van der Waals surface area contributed by atoms with E-state index in [0.29, 0.717) is 6.42 Å². The minimum absolute atomic E-state index is 0.0256. The van der Waals surface area contributed by atoms with Crippen molar-refractivity contribution < 1.29 is 38.4 Å². The number of carbonyl (C=O) groups excluding carboxylic acids is 4. The first-order valence-electron chi connectivity index (χ1n) is 13.0. The molecule has 2 aromatic rings. The fraction of sp³-hybridized carbons (Fsp3) is 0.444. The summed E-state index contributed by atoms with van der Waals surface area (Å²) in [5.41, 5.74) is -1.13. The van der Waals surface area contributed by atoms with Crippen LogP contribution in [0, 0.1) is 5.92 Å². The van der Waals surface area contributed by atoms with Gasteiger partial charge < -0.3 is 25.0 Å². The predicted molar refractivity (Wildman–Crippen MR) is 143 cm³/mol. The molecule has 40 heavy (non-hydrogen) atoms. The Hall–Kier alpha value is -4.13. The van der Waals surface area contributed by atoms with Crippen LogP contribution in [0.2, 0.25) is 5.82 Å². The highest BCUT2D eigenvalue weighted by Crippen LogP contribution is 2.36. The van der Waals surface area contributed by atoms with Crippen molar-refractivity contribution >= 4 is 36.7 Å². The second-order valence-electron chi connectivity index (χ2n) is 10.2. The molecule has 1 aliphatic heterocycles. The Labute approximate surface area is 232 Å². The van der Waals surface area contributed by atoms with Crippen LogP contribution in [0.5, 0.6) is 0 Å². The van der Waals surface area contributed by atoms with Crippen LogP contribution in [-0.4, -0.2) is 70.4 Å². The molecule has 13 heteroatoms. The number of carbonyl (C=O) groups is 5. The van der Waals surface area contributed by atoms with Gasteiger partial charge in [0.15, 0.2) is 11.4 Å². The second-order valence-corrected chi connectivity index (χ2v) is 10.2. The first-order chi connectivity index (χ1) is 19.0. The molecule has 212 valence electrons. The van der Waals surface area contributed by atoms with Gasteiger partial charge in [-0.2, -0.15) is 0 Å². The van der Waals surface area contributed by atoms with E-state index in [1.54, 1.807) is 0 Å².